The van der Waals surface area contributed by atoms with Crippen LogP contribution in [0, 0.1) is 0 Å². The molecule has 0 saturated heterocycles. The van der Waals surface area contributed by atoms with Crippen molar-refractivity contribution in [2.24, 2.45) is 4.99 Å². The van der Waals surface area contributed by atoms with Gasteiger partial charge in [0, 0.05) is 5.75 Å². The van der Waals surface area contributed by atoms with E-state index < -0.39 is 10.0 Å². The lowest BCUT2D eigenvalue weighted by molar-refractivity contribution is 0.340. The Hall–Kier alpha value is -1.21. The highest BCUT2D eigenvalue weighted by atomic mass is 32.2. The van der Waals surface area contributed by atoms with Crippen molar-refractivity contribution in [1.82, 2.24) is 4.72 Å². The minimum atomic E-state index is -3.53. The first-order valence-corrected chi connectivity index (χ1v) is 8.01. The van der Waals surface area contributed by atoms with Gasteiger partial charge in [-0.15, -0.1) is 0 Å². The van der Waals surface area contributed by atoms with Gasteiger partial charge in [-0.25, -0.2) is 8.42 Å². The first kappa shape index (κ1) is 13.2. The van der Waals surface area contributed by atoms with Crippen molar-refractivity contribution < 1.29 is 13.2 Å². The summed E-state index contributed by atoms with van der Waals surface area (Å²) < 4.78 is 31.8. The van der Waals surface area contributed by atoms with Crippen LogP contribution >= 0.6 is 11.8 Å². The number of hydrogen-bond donors (Lipinski definition) is 1. The number of nitrogens with zero attached hydrogens (tertiary/aromatic N) is 1. The highest BCUT2D eigenvalue weighted by Gasteiger charge is 2.18. The van der Waals surface area contributed by atoms with E-state index in [4.69, 9.17) is 4.74 Å². The summed E-state index contributed by atoms with van der Waals surface area (Å²) in [4.78, 5) is 4.27. The molecule has 1 heterocycles. The molecule has 0 radical (unpaired) electrons. The Bertz CT molecular complexity index is 538. The number of sulfonamides is 1. The third-order valence-electron chi connectivity index (χ3n) is 2.25. The highest BCUT2D eigenvalue weighted by Crippen LogP contribution is 2.17. The van der Waals surface area contributed by atoms with Crippen LogP contribution in [0.4, 0.5) is 0 Å². The first-order chi connectivity index (χ1) is 8.62. The summed E-state index contributed by atoms with van der Waals surface area (Å²) in [6.45, 7) is 3.09. The normalized spacial score (nSPS) is 15.3. The summed E-state index contributed by atoms with van der Waals surface area (Å²) in [5, 5.41) is 0.462. The Kier molecular flexibility index (Phi) is 4.13. The number of rotatable bonds is 4. The average Bonchev–Trinajstić information content (AvgIpc) is 2.82. The molecule has 0 amide bonds. The van der Waals surface area contributed by atoms with Gasteiger partial charge in [-0.3, -0.25) is 9.71 Å². The molecule has 1 aromatic carbocycles. The van der Waals surface area contributed by atoms with E-state index in [1.807, 2.05) is 6.92 Å². The molecular weight excluding hydrogens is 272 g/mol. The van der Waals surface area contributed by atoms with Crippen LogP contribution in [0.3, 0.4) is 0 Å². The molecule has 0 bridgehead atoms. The molecule has 0 fully saturated rings. The van der Waals surface area contributed by atoms with Crippen molar-refractivity contribution in [3.63, 3.8) is 0 Å². The zero-order valence-corrected chi connectivity index (χ0v) is 11.6. The Morgan fingerprint density at radius 2 is 2.11 bits per heavy atom. The second kappa shape index (κ2) is 5.62. The number of hydrogen-bond acceptors (Lipinski definition) is 5. The predicted octanol–water partition coefficient (Wildman–Crippen LogP) is 1.47. The Morgan fingerprint density at radius 3 is 2.67 bits per heavy atom. The minimum absolute atomic E-state index is 0.209. The molecule has 1 aliphatic heterocycles. The molecule has 18 heavy (non-hydrogen) atoms. The van der Waals surface area contributed by atoms with E-state index in [2.05, 4.69) is 9.71 Å². The van der Waals surface area contributed by atoms with E-state index in [0.717, 1.165) is 5.75 Å². The average molecular weight is 286 g/mol. The van der Waals surface area contributed by atoms with E-state index in [0.29, 0.717) is 24.1 Å². The van der Waals surface area contributed by atoms with Crippen LogP contribution in [0.5, 0.6) is 5.75 Å². The Labute approximate surface area is 111 Å². The molecule has 0 aromatic heterocycles. The fourth-order valence-electron chi connectivity index (χ4n) is 1.45. The fourth-order valence-corrected chi connectivity index (χ4v) is 3.48. The van der Waals surface area contributed by atoms with Crippen LogP contribution in [-0.4, -0.2) is 32.5 Å². The molecule has 0 unspecified atom stereocenters. The summed E-state index contributed by atoms with van der Waals surface area (Å²) in [6, 6.07) is 6.32. The van der Waals surface area contributed by atoms with E-state index in [1.54, 1.807) is 12.1 Å². The molecule has 0 saturated carbocycles. The van der Waals surface area contributed by atoms with Gasteiger partial charge in [-0.1, -0.05) is 11.8 Å². The van der Waals surface area contributed by atoms with Crippen LogP contribution in [-0.2, 0) is 10.0 Å². The zero-order valence-electron chi connectivity index (χ0n) is 9.92. The van der Waals surface area contributed by atoms with Crippen LogP contribution < -0.4 is 9.46 Å². The number of thioether (sulfide) groups is 1. The Morgan fingerprint density at radius 1 is 1.39 bits per heavy atom. The van der Waals surface area contributed by atoms with Gasteiger partial charge in [0.15, 0.2) is 5.17 Å². The third-order valence-corrected chi connectivity index (χ3v) is 4.63. The van der Waals surface area contributed by atoms with Gasteiger partial charge >= 0.3 is 0 Å². The SMILES string of the molecule is CCOc1ccc(S(=O)(=O)NC2=NCCS2)cc1. The lowest BCUT2D eigenvalue weighted by Crippen LogP contribution is -2.27. The molecule has 1 aliphatic rings. The van der Waals surface area contributed by atoms with E-state index in [1.165, 1.54) is 23.9 Å². The van der Waals surface area contributed by atoms with Gasteiger partial charge in [-0.05, 0) is 31.2 Å². The van der Waals surface area contributed by atoms with Crippen LogP contribution in [0.15, 0.2) is 34.2 Å². The van der Waals surface area contributed by atoms with Gasteiger partial charge in [0.1, 0.15) is 5.75 Å². The summed E-state index contributed by atoms with van der Waals surface area (Å²) in [6.07, 6.45) is 0. The van der Waals surface area contributed by atoms with Gasteiger partial charge in [0.05, 0.1) is 18.0 Å². The predicted molar refractivity (Wildman–Crippen MR) is 72.7 cm³/mol. The maximum atomic E-state index is 12.0. The van der Waals surface area contributed by atoms with Crippen LogP contribution in [0.1, 0.15) is 6.92 Å². The molecule has 0 aliphatic carbocycles. The standard InChI is InChI=1S/C11H14N2O3S2/c1-2-16-9-3-5-10(6-4-9)18(14,15)13-11-12-7-8-17-11/h3-6H,2,7-8H2,1H3,(H,12,13). The van der Waals surface area contributed by atoms with E-state index in [-0.39, 0.29) is 4.90 Å². The summed E-state index contributed by atoms with van der Waals surface area (Å²) in [5.41, 5.74) is 0. The van der Waals surface area contributed by atoms with Gasteiger partial charge in [0.2, 0.25) is 0 Å². The lowest BCUT2D eigenvalue weighted by atomic mass is 10.3. The largest absolute Gasteiger partial charge is 0.494 e. The fraction of sp³-hybridized carbons (Fsp3) is 0.364. The van der Waals surface area contributed by atoms with Crippen LogP contribution in [0.25, 0.3) is 0 Å². The number of benzene rings is 1. The zero-order chi connectivity index (χ0) is 13.0. The number of amidine groups is 1. The smallest absolute Gasteiger partial charge is 0.263 e. The molecule has 1 aromatic rings. The molecule has 1 N–H and O–H groups in total. The maximum absolute atomic E-state index is 12.0. The summed E-state index contributed by atoms with van der Waals surface area (Å²) in [7, 11) is -3.53. The molecule has 98 valence electrons. The maximum Gasteiger partial charge on any atom is 0.263 e. The van der Waals surface area contributed by atoms with Crippen molar-refractivity contribution in [1.29, 1.82) is 0 Å². The van der Waals surface area contributed by atoms with Gasteiger partial charge in [-0.2, -0.15) is 0 Å². The molecule has 2 rings (SSSR count). The lowest BCUT2D eigenvalue weighted by Gasteiger charge is -2.08. The number of nitrogens with one attached hydrogen (secondary N) is 1. The second-order valence-electron chi connectivity index (χ2n) is 3.55. The first-order valence-electron chi connectivity index (χ1n) is 5.55. The van der Waals surface area contributed by atoms with E-state index >= 15 is 0 Å². The number of ether oxygens (including phenoxy) is 1. The second-order valence-corrected chi connectivity index (χ2v) is 6.31. The van der Waals surface area contributed by atoms with E-state index in [9.17, 15) is 8.42 Å². The van der Waals surface area contributed by atoms with Gasteiger partial charge < -0.3 is 4.74 Å². The molecule has 5 nitrogen and oxygen atoms in total. The minimum Gasteiger partial charge on any atom is -0.494 e. The summed E-state index contributed by atoms with van der Waals surface area (Å²) in [5.74, 6) is 1.48. The topological polar surface area (TPSA) is 67.8 Å². The number of aliphatic imine (C=N–C) groups is 1. The Balaban J connectivity index is 2.13. The monoisotopic (exact) mass is 286 g/mol. The molecule has 0 spiro atoms. The van der Waals surface area contributed by atoms with Crippen LogP contribution in [0.2, 0.25) is 0 Å². The summed E-state index contributed by atoms with van der Waals surface area (Å²) >= 11 is 1.41. The molecule has 0 atom stereocenters. The quantitative estimate of drug-likeness (QED) is 0.910. The highest BCUT2D eigenvalue weighted by molar-refractivity contribution is 8.15. The van der Waals surface area contributed by atoms with Crippen molar-refractivity contribution in [3.8, 4) is 5.75 Å². The van der Waals surface area contributed by atoms with Crippen molar-refractivity contribution in [3.05, 3.63) is 24.3 Å². The molecular formula is C11H14N2O3S2. The van der Waals surface area contributed by atoms with Crippen molar-refractivity contribution in [2.45, 2.75) is 11.8 Å². The van der Waals surface area contributed by atoms with Crippen molar-refractivity contribution >= 4 is 27.0 Å². The third kappa shape index (κ3) is 3.17. The van der Waals surface area contributed by atoms with Gasteiger partial charge in [0.25, 0.3) is 10.0 Å². The molecule has 7 heteroatoms. The van der Waals surface area contributed by atoms with Crippen molar-refractivity contribution in [2.75, 3.05) is 18.9 Å².